The Kier molecular flexibility index (Phi) is 9.78. The fraction of sp³-hybridized carbons (Fsp3) is 0.778. The van der Waals surface area contributed by atoms with E-state index in [2.05, 4.69) is 34.0 Å². The number of nitrogens with one attached hydrogen (secondary N) is 1. The molecule has 1 saturated heterocycles. The summed E-state index contributed by atoms with van der Waals surface area (Å²) in [6.07, 6.45) is 3.43. The lowest BCUT2D eigenvalue weighted by molar-refractivity contribution is 0.166. The fourth-order valence-electron chi connectivity index (χ4n) is 2.90. The Hall–Kier alpha value is -0.830. The van der Waals surface area contributed by atoms with Gasteiger partial charge in [-0.25, -0.2) is 4.98 Å². The number of aromatic nitrogens is 1. The highest BCUT2D eigenvalue weighted by Gasteiger charge is 2.20. The molecule has 1 aliphatic heterocycles. The van der Waals surface area contributed by atoms with E-state index in [0.717, 1.165) is 69.3 Å². The van der Waals surface area contributed by atoms with Crippen molar-refractivity contribution in [3.05, 3.63) is 17.3 Å². The minimum Gasteiger partial charge on any atom is -0.444 e. The maximum atomic E-state index is 5.93. The number of nitrogens with two attached hydrogens (primary N) is 1. The number of oxazole rings is 1. The van der Waals surface area contributed by atoms with Crippen LogP contribution in [-0.2, 0) is 6.54 Å². The van der Waals surface area contributed by atoms with Crippen LogP contribution < -0.4 is 11.1 Å². The lowest BCUT2D eigenvalue weighted by Gasteiger charge is -2.30. The number of halogens is 1. The zero-order chi connectivity index (χ0) is 17.5. The molecule has 0 spiro atoms. The standard InChI is InChI=1S/C18H33N5O.HI/c1-13(2)5-8-20-18(19)21-11-16-6-9-23(10-7-16)12-17-22-14(3)15(4)24-17;/h13,16H,5-12H2,1-4H3,(H3,19,20,21);1H. The smallest absolute Gasteiger partial charge is 0.208 e. The highest BCUT2D eigenvalue weighted by molar-refractivity contribution is 14.0. The topological polar surface area (TPSA) is 79.7 Å². The Labute approximate surface area is 169 Å². The van der Waals surface area contributed by atoms with Gasteiger partial charge in [-0.3, -0.25) is 9.89 Å². The number of aliphatic imine (C=N–C) groups is 1. The van der Waals surface area contributed by atoms with Crippen molar-refractivity contribution in [2.24, 2.45) is 22.6 Å². The number of likely N-dealkylation sites (tertiary alicyclic amines) is 1. The maximum Gasteiger partial charge on any atom is 0.208 e. The second-order valence-electron chi connectivity index (χ2n) is 7.30. The molecule has 0 aromatic carbocycles. The van der Waals surface area contributed by atoms with Gasteiger partial charge in [-0.05, 0) is 58.0 Å². The first-order chi connectivity index (χ1) is 11.4. The third-order valence-corrected chi connectivity index (χ3v) is 4.69. The summed E-state index contributed by atoms with van der Waals surface area (Å²) in [6.45, 7) is 13.1. The first kappa shape index (κ1) is 22.2. The van der Waals surface area contributed by atoms with Crippen LogP contribution in [-0.4, -0.2) is 42.0 Å². The van der Waals surface area contributed by atoms with Crippen molar-refractivity contribution >= 4 is 29.9 Å². The fourth-order valence-corrected chi connectivity index (χ4v) is 2.90. The van der Waals surface area contributed by atoms with Gasteiger partial charge in [0.1, 0.15) is 5.76 Å². The summed E-state index contributed by atoms with van der Waals surface area (Å²) in [5, 5.41) is 3.20. The van der Waals surface area contributed by atoms with Crippen LogP contribution in [0.3, 0.4) is 0 Å². The van der Waals surface area contributed by atoms with Crippen LogP contribution in [0, 0.1) is 25.7 Å². The largest absolute Gasteiger partial charge is 0.444 e. The minimum absolute atomic E-state index is 0. The zero-order valence-electron chi connectivity index (χ0n) is 16.0. The third-order valence-electron chi connectivity index (χ3n) is 4.69. The van der Waals surface area contributed by atoms with Gasteiger partial charge in [0.05, 0.1) is 12.2 Å². The molecule has 7 heteroatoms. The van der Waals surface area contributed by atoms with Crippen molar-refractivity contribution in [1.29, 1.82) is 0 Å². The first-order valence-electron chi connectivity index (χ1n) is 9.13. The van der Waals surface area contributed by atoms with Crippen molar-refractivity contribution in [2.45, 2.75) is 53.5 Å². The normalized spacial score (nSPS) is 16.9. The van der Waals surface area contributed by atoms with Crippen molar-refractivity contribution in [3.8, 4) is 0 Å². The Morgan fingerprint density at radius 2 is 2.04 bits per heavy atom. The van der Waals surface area contributed by atoms with Crippen LogP contribution in [0.5, 0.6) is 0 Å². The summed E-state index contributed by atoms with van der Waals surface area (Å²) < 4.78 is 5.68. The molecule has 3 N–H and O–H groups in total. The molecule has 0 atom stereocenters. The number of aryl methyl sites for hydroxylation is 2. The second-order valence-corrected chi connectivity index (χ2v) is 7.30. The van der Waals surface area contributed by atoms with E-state index in [0.29, 0.717) is 17.8 Å². The van der Waals surface area contributed by atoms with Gasteiger partial charge < -0.3 is 15.5 Å². The number of piperidine rings is 1. The number of guanidine groups is 1. The summed E-state index contributed by atoms with van der Waals surface area (Å²) in [7, 11) is 0. The van der Waals surface area contributed by atoms with Crippen molar-refractivity contribution in [2.75, 3.05) is 26.2 Å². The number of rotatable bonds is 7. The average Bonchev–Trinajstić information content (AvgIpc) is 2.84. The number of hydrogen-bond acceptors (Lipinski definition) is 4. The molecule has 0 radical (unpaired) electrons. The van der Waals surface area contributed by atoms with E-state index in [-0.39, 0.29) is 24.0 Å². The molecule has 0 bridgehead atoms. The van der Waals surface area contributed by atoms with E-state index in [1.54, 1.807) is 0 Å². The zero-order valence-corrected chi connectivity index (χ0v) is 18.4. The molecule has 6 nitrogen and oxygen atoms in total. The Morgan fingerprint density at radius 3 is 2.60 bits per heavy atom. The van der Waals surface area contributed by atoms with Crippen molar-refractivity contribution < 1.29 is 4.42 Å². The molecule has 1 aliphatic rings. The van der Waals surface area contributed by atoms with Crippen LogP contribution in [0.4, 0.5) is 0 Å². The predicted octanol–water partition coefficient (Wildman–Crippen LogP) is 3.07. The van der Waals surface area contributed by atoms with Crippen LogP contribution in [0.25, 0.3) is 0 Å². The molecule has 1 aromatic heterocycles. The SMILES string of the molecule is Cc1nc(CN2CCC(CN=C(N)NCCC(C)C)CC2)oc1C.I. The van der Waals surface area contributed by atoms with Crippen LogP contribution in [0.15, 0.2) is 9.41 Å². The van der Waals surface area contributed by atoms with Gasteiger partial charge in [-0.2, -0.15) is 0 Å². The summed E-state index contributed by atoms with van der Waals surface area (Å²) in [5.74, 6) is 3.66. The summed E-state index contributed by atoms with van der Waals surface area (Å²) in [6, 6.07) is 0. The van der Waals surface area contributed by atoms with Gasteiger partial charge in [0.2, 0.25) is 5.89 Å². The van der Waals surface area contributed by atoms with E-state index in [4.69, 9.17) is 10.2 Å². The van der Waals surface area contributed by atoms with Gasteiger partial charge >= 0.3 is 0 Å². The molecule has 2 rings (SSSR count). The highest BCUT2D eigenvalue weighted by atomic mass is 127. The van der Waals surface area contributed by atoms with E-state index in [9.17, 15) is 0 Å². The summed E-state index contributed by atoms with van der Waals surface area (Å²) >= 11 is 0. The number of nitrogens with zero attached hydrogens (tertiary/aromatic N) is 3. The second kappa shape index (κ2) is 11.0. The maximum absolute atomic E-state index is 5.93. The first-order valence-corrected chi connectivity index (χ1v) is 9.13. The molecule has 1 fully saturated rings. The van der Waals surface area contributed by atoms with Gasteiger partial charge in [-0.1, -0.05) is 13.8 Å². The van der Waals surface area contributed by atoms with E-state index in [1.807, 2.05) is 13.8 Å². The third kappa shape index (κ3) is 7.94. The van der Waals surface area contributed by atoms with E-state index in [1.165, 1.54) is 0 Å². The van der Waals surface area contributed by atoms with Crippen molar-refractivity contribution in [1.82, 2.24) is 15.2 Å². The molecule has 0 saturated carbocycles. The van der Waals surface area contributed by atoms with Crippen LogP contribution in [0.2, 0.25) is 0 Å². The predicted molar refractivity (Wildman–Crippen MR) is 113 cm³/mol. The molecule has 0 amide bonds. The molecule has 25 heavy (non-hydrogen) atoms. The number of hydrogen-bond donors (Lipinski definition) is 2. The Bertz CT molecular complexity index is 516. The van der Waals surface area contributed by atoms with E-state index >= 15 is 0 Å². The minimum atomic E-state index is 0. The Morgan fingerprint density at radius 1 is 1.36 bits per heavy atom. The van der Waals surface area contributed by atoms with Crippen LogP contribution >= 0.6 is 24.0 Å². The summed E-state index contributed by atoms with van der Waals surface area (Å²) in [4.78, 5) is 11.4. The highest BCUT2D eigenvalue weighted by Crippen LogP contribution is 2.20. The lowest BCUT2D eigenvalue weighted by Crippen LogP contribution is -2.36. The molecule has 0 aliphatic carbocycles. The molecule has 144 valence electrons. The molecular weight excluding hydrogens is 429 g/mol. The van der Waals surface area contributed by atoms with Gasteiger partial charge in [0.15, 0.2) is 5.96 Å². The van der Waals surface area contributed by atoms with Gasteiger partial charge in [-0.15, -0.1) is 24.0 Å². The van der Waals surface area contributed by atoms with Crippen molar-refractivity contribution in [3.63, 3.8) is 0 Å². The van der Waals surface area contributed by atoms with E-state index < -0.39 is 0 Å². The average molecular weight is 463 g/mol. The molecule has 2 heterocycles. The van der Waals surface area contributed by atoms with Crippen LogP contribution in [0.1, 0.15) is 50.5 Å². The summed E-state index contributed by atoms with van der Waals surface area (Å²) in [5.41, 5.74) is 6.93. The monoisotopic (exact) mass is 463 g/mol. The van der Waals surface area contributed by atoms with Gasteiger partial charge in [0.25, 0.3) is 0 Å². The molecule has 0 unspecified atom stereocenters. The lowest BCUT2D eigenvalue weighted by atomic mass is 9.97. The molecular formula is C18H34IN5O. The Balaban J connectivity index is 0.00000312. The van der Waals surface area contributed by atoms with Gasteiger partial charge in [0, 0.05) is 13.1 Å². The quantitative estimate of drug-likeness (QED) is 0.369. The molecule has 1 aromatic rings.